The maximum atomic E-state index is 9.91. The molecule has 4 rings (SSSR count). The van der Waals surface area contributed by atoms with Gasteiger partial charge in [0.2, 0.25) is 5.65 Å². The van der Waals surface area contributed by atoms with E-state index in [1.807, 2.05) is 43.0 Å². The predicted octanol–water partition coefficient (Wildman–Crippen LogP) is 2.28. The van der Waals surface area contributed by atoms with Crippen LogP contribution in [0.3, 0.4) is 0 Å². The van der Waals surface area contributed by atoms with Crippen molar-refractivity contribution in [3.8, 4) is 6.01 Å². The molecule has 1 atom stereocenters. The number of anilines is 1. The fourth-order valence-corrected chi connectivity index (χ4v) is 3.28. The van der Waals surface area contributed by atoms with Crippen molar-refractivity contribution in [3.63, 3.8) is 0 Å². The van der Waals surface area contributed by atoms with Crippen LogP contribution in [0.5, 0.6) is 6.01 Å². The molecule has 0 radical (unpaired) electrons. The third kappa shape index (κ3) is 3.81. The molecule has 1 saturated heterocycles. The standard InChI is InChI=1S/C18H21ClN6O2/c1-11(2)27-18-20-16-15(17(21-18)24-8-7-13(26)10-24)22-25(23-16)9-12-5-3-4-6-14(12)19/h3-6,11,13,26H,7-10H2,1-2H3. The summed E-state index contributed by atoms with van der Waals surface area (Å²) in [5.41, 5.74) is 1.97. The van der Waals surface area contributed by atoms with Gasteiger partial charge in [0.25, 0.3) is 0 Å². The summed E-state index contributed by atoms with van der Waals surface area (Å²) in [5, 5.41) is 19.6. The Balaban J connectivity index is 1.75. The summed E-state index contributed by atoms with van der Waals surface area (Å²) in [6, 6.07) is 7.85. The summed E-state index contributed by atoms with van der Waals surface area (Å²) >= 11 is 6.25. The molecule has 1 aliphatic heterocycles. The van der Waals surface area contributed by atoms with E-state index in [-0.39, 0.29) is 18.2 Å². The molecular weight excluding hydrogens is 368 g/mol. The molecule has 2 aromatic heterocycles. The lowest BCUT2D eigenvalue weighted by molar-refractivity contribution is 0.198. The minimum atomic E-state index is -0.373. The summed E-state index contributed by atoms with van der Waals surface area (Å²) in [4.78, 5) is 12.5. The Bertz CT molecular complexity index is 960. The monoisotopic (exact) mass is 388 g/mol. The zero-order valence-electron chi connectivity index (χ0n) is 15.2. The highest BCUT2D eigenvalue weighted by atomic mass is 35.5. The first-order chi connectivity index (χ1) is 13.0. The molecule has 0 aliphatic carbocycles. The van der Waals surface area contributed by atoms with E-state index in [0.29, 0.717) is 48.1 Å². The van der Waals surface area contributed by atoms with Crippen LogP contribution in [0.1, 0.15) is 25.8 Å². The molecule has 0 bridgehead atoms. The fraction of sp³-hybridized carbons (Fsp3) is 0.444. The highest BCUT2D eigenvalue weighted by Crippen LogP contribution is 2.27. The van der Waals surface area contributed by atoms with Gasteiger partial charge in [-0.1, -0.05) is 29.8 Å². The molecule has 1 fully saturated rings. The number of aromatic nitrogens is 5. The molecule has 9 heteroatoms. The van der Waals surface area contributed by atoms with Crippen molar-refractivity contribution in [1.29, 1.82) is 0 Å². The lowest BCUT2D eigenvalue weighted by Crippen LogP contribution is -2.23. The Morgan fingerprint density at radius 2 is 2.07 bits per heavy atom. The Morgan fingerprint density at radius 1 is 1.26 bits per heavy atom. The molecule has 3 aromatic rings. The van der Waals surface area contributed by atoms with Gasteiger partial charge in [-0.05, 0) is 31.9 Å². The SMILES string of the molecule is CC(C)Oc1nc(N2CCC(O)C2)c2nn(Cc3ccccc3Cl)nc2n1. The Morgan fingerprint density at radius 3 is 2.78 bits per heavy atom. The van der Waals surface area contributed by atoms with E-state index in [4.69, 9.17) is 16.3 Å². The molecule has 1 aromatic carbocycles. The first kappa shape index (κ1) is 17.9. The molecule has 0 amide bonds. The zero-order chi connectivity index (χ0) is 19.0. The van der Waals surface area contributed by atoms with E-state index < -0.39 is 0 Å². The fourth-order valence-electron chi connectivity index (χ4n) is 3.09. The van der Waals surface area contributed by atoms with Crippen LogP contribution in [0, 0.1) is 0 Å². The highest BCUT2D eigenvalue weighted by molar-refractivity contribution is 6.31. The molecule has 1 N–H and O–H groups in total. The molecular formula is C18H21ClN6O2. The van der Waals surface area contributed by atoms with Crippen molar-refractivity contribution in [2.45, 2.75) is 39.0 Å². The lowest BCUT2D eigenvalue weighted by atomic mass is 10.2. The third-order valence-corrected chi connectivity index (χ3v) is 4.69. The van der Waals surface area contributed by atoms with Gasteiger partial charge in [0, 0.05) is 18.1 Å². The van der Waals surface area contributed by atoms with Crippen molar-refractivity contribution in [3.05, 3.63) is 34.9 Å². The number of nitrogens with zero attached hydrogens (tertiary/aromatic N) is 6. The summed E-state index contributed by atoms with van der Waals surface area (Å²) in [7, 11) is 0. The van der Waals surface area contributed by atoms with Crippen LogP contribution in [0.15, 0.2) is 24.3 Å². The summed E-state index contributed by atoms with van der Waals surface area (Å²) in [6.07, 6.45) is 0.264. The number of β-amino-alcohol motifs (C(OH)–C–C–N with tert-alkyl or cyclic N) is 1. The van der Waals surface area contributed by atoms with Crippen LogP contribution in [0.2, 0.25) is 5.02 Å². The molecule has 142 valence electrons. The van der Waals surface area contributed by atoms with Crippen molar-refractivity contribution in [1.82, 2.24) is 25.0 Å². The number of aliphatic hydroxyl groups is 1. The quantitative estimate of drug-likeness (QED) is 0.717. The van der Waals surface area contributed by atoms with Gasteiger partial charge in [0.05, 0.1) is 18.8 Å². The van der Waals surface area contributed by atoms with Crippen LogP contribution in [0.4, 0.5) is 5.82 Å². The Labute approximate surface area is 161 Å². The van der Waals surface area contributed by atoms with Crippen LogP contribution in [-0.4, -0.2) is 55.4 Å². The molecule has 27 heavy (non-hydrogen) atoms. The van der Waals surface area contributed by atoms with E-state index in [0.717, 1.165) is 5.56 Å². The van der Waals surface area contributed by atoms with Crippen molar-refractivity contribution in [2.24, 2.45) is 0 Å². The second kappa shape index (κ2) is 7.28. The number of hydrogen-bond donors (Lipinski definition) is 1. The highest BCUT2D eigenvalue weighted by Gasteiger charge is 2.26. The van der Waals surface area contributed by atoms with Crippen LogP contribution in [0.25, 0.3) is 11.2 Å². The predicted molar refractivity (Wildman–Crippen MR) is 102 cm³/mol. The first-order valence-corrected chi connectivity index (χ1v) is 9.33. The smallest absolute Gasteiger partial charge is 0.320 e. The van der Waals surface area contributed by atoms with Crippen LogP contribution < -0.4 is 9.64 Å². The zero-order valence-corrected chi connectivity index (χ0v) is 16.0. The second-order valence-electron chi connectivity index (χ2n) is 6.88. The van der Waals surface area contributed by atoms with E-state index >= 15 is 0 Å². The summed E-state index contributed by atoms with van der Waals surface area (Å²) < 4.78 is 5.69. The van der Waals surface area contributed by atoms with Gasteiger partial charge in [-0.3, -0.25) is 0 Å². The second-order valence-corrected chi connectivity index (χ2v) is 7.29. The number of halogens is 1. The van der Waals surface area contributed by atoms with Gasteiger partial charge in [0.1, 0.15) is 0 Å². The van der Waals surface area contributed by atoms with Gasteiger partial charge < -0.3 is 14.7 Å². The maximum absolute atomic E-state index is 9.91. The molecule has 8 nitrogen and oxygen atoms in total. The minimum absolute atomic E-state index is 0.0577. The number of aliphatic hydroxyl groups excluding tert-OH is 1. The normalized spacial score (nSPS) is 17.2. The minimum Gasteiger partial charge on any atom is -0.461 e. The van der Waals surface area contributed by atoms with Gasteiger partial charge in [-0.15, -0.1) is 10.2 Å². The van der Waals surface area contributed by atoms with Crippen molar-refractivity contribution >= 4 is 28.6 Å². The molecule has 3 heterocycles. The average molecular weight is 389 g/mol. The topological polar surface area (TPSA) is 89.2 Å². The molecule has 1 aliphatic rings. The van der Waals surface area contributed by atoms with E-state index in [9.17, 15) is 5.11 Å². The van der Waals surface area contributed by atoms with Crippen molar-refractivity contribution in [2.75, 3.05) is 18.0 Å². The van der Waals surface area contributed by atoms with Crippen molar-refractivity contribution < 1.29 is 9.84 Å². The number of ether oxygens (including phenoxy) is 1. The lowest BCUT2D eigenvalue weighted by Gasteiger charge is -2.17. The average Bonchev–Trinajstić information content (AvgIpc) is 3.21. The van der Waals surface area contributed by atoms with E-state index in [1.54, 1.807) is 4.80 Å². The third-order valence-electron chi connectivity index (χ3n) is 4.33. The summed E-state index contributed by atoms with van der Waals surface area (Å²) in [5.74, 6) is 0.637. The number of rotatable bonds is 5. The van der Waals surface area contributed by atoms with Gasteiger partial charge >= 0.3 is 6.01 Å². The molecule has 0 saturated carbocycles. The van der Waals surface area contributed by atoms with Gasteiger partial charge in [-0.2, -0.15) is 14.8 Å². The summed E-state index contributed by atoms with van der Waals surface area (Å²) in [6.45, 7) is 5.47. The molecule has 1 unspecified atom stereocenters. The first-order valence-electron chi connectivity index (χ1n) is 8.95. The van der Waals surface area contributed by atoms with Crippen LogP contribution >= 0.6 is 11.6 Å². The van der Waals surface area contributed by atoms with E-state index in [2.05, 4.69) is 20.2 Å². The maximum Gasteiger partial charge on any atom is 0.320 e. The number of benzene rings is 1. The van der Waals surface area contributed by atoms with Gasteiger partial charge in [-0.25, -0.2) is 0 Å². The van der Waals surface area contributed by atoms with Crippen LogP contribution in [-0.2, 0) is 6.54 Å². The molecule has 0 spiro atoms. The number of fused-ring (bicyclic) bond motifs is 1. The largest absolute Gasteiger partial charge is 0.461 e. The number of hydrogen-bond acceptors (Lipinski definition) is 7. The van der Waals surface area contributed by atoms with E-state index in [1.165, 1.54) is 0 Å². The Kier molecular flexibility index (Phi) is 4.84. The van der Waals surface area contributed by atoms with Gasteiger partial charge in [0.15, 0.2) is 11.3 Å². The Hall–Kier alpha value is -2.45.